The van der Waals surface area contributed by atoms with Crippen LogP contribution in [0.4, 0.5) is 23.4 Å². The Kier molecular flexibility index (Phi) is 5.90. The van der Waals surface area contributed by atoms with Gasteiger partial charge < -0.3 is 10.2 Å². The van der Waals surface area contributed by atoms with Gasteiger partial charge >= 0.3 is 6.18 Å². The Morgan fingerprint density at radius 2 is 1.94 bits per heavy atom. The number of hydrogen-bond donors (Lipinski definition) is 1. The van der Waals surface area contributed by atoms with E-state index in [0.717, 1.165) is 37.1 Å². The van der Waals surface area contributed by atoms with Crippen molar-refractivity contribution in [3.63, 3.8) is 0 Å². The molecule has 0 spiro atoms. The second-order valence-electron chi connectivity index (χ2n) is 9.13. The van der Waals surface area contributed by atoms with Crippen molar-refractivity contribution >= 4 is 11.7 Å². The van der Waals surface area contributed by atoms with Crippen molar-refractivity contribution < 1.29 is 22.4 Å². The highest BCUT2D eigenvalue weighted by molar-refractivity contribution is 5.99. The molecule has 35 heavy (non-hydrogen) atoms. The lowest BCUT2D eigenvalue weighted by atomic mass is 9.76. The normalized spacial score (nSPS) is 21.7. The molecule has 5 heterocycles. The van der Waals surface area contributed by atoms with Gasteiger partial charge in [0.25, 0.3) is 5.91 Å². The molecule has 0 radical (unpaired) electrons. The number of nitrogens with one attached hydrogen (secondary N) is 1. The van der Waals surface area contributed by atoms with Crippen LogP contribution in [-0.4, -0.2) is 44.4 Å². The summed E-state index contributed by atoms with van der Waals surface area (Å²) in [6, 6.07) is 6.41. The van der Waals surface area contributed by atoms with Crippen molar-refractivity contribution in [3.8, 4) is 11.3 Å². The molecule has 3 aromatic rings. The molecule has 6 nitrogen and oxygen atoms in total. The van der Waals surface area contributed by atoms with Gasteiger partial charge in [-0.2, -0.15) is 13.2 Å². The Labute approximate surface area is 199 Å². The third-order valence-electron chi connectivity index (χ3n) is 6.70. The van der Waals surface area contributed by atoms with Gasteiger partial charge in [0, 0.05) is 36.7 Å². The van der Waals surface area contributed by atoms with Gasteiger partial charge in [0.1, 0.15) is 23.0 Å². The Morgan fingerprint density at radius 3 is 2.63 bits per heavy atom. The summed E-state index contributed by atoms with van der Waals surface area (Å²) in [5.41, 5.74) is 0.493. The van der Waals surface area contributed by atoms with Crippen LogP contribution in [-0.2, 0) is 6.18 Å². The van der Waals surface area contributed by atoms with Crippen LogP contribution < -0.4 is 5.32 Å². The highest BCUT2D eigenvalue weighted by Crippen LogP contribution is 2.38. The summed E-state index contributed by atoms with van der Waals surface area (Å²) in [5, 5.41) is 3.23. The van der Waals surface area contributed by atoms with E-state index >= 15 is 0 Å². The molecule has 3 fully saturated rings. The van der Waals surface area contributed by atoms with Crippen LogP contribution >= 0.6 is 0 Å². The number of aromatic nitrogens is 3. The zero-order valence-electron chi connectivity index (χ0n) is 18.9. The van der Waals surface area contributed by atoms with Gasteiger partial charge in [-0.05, 0) is 68.0 Å². The van der Waals surface area contributed by atoms with Crippen LogP contribution in [0.3, 0.4) is 0 Å². The topological polar surface area (TPSA) is 71.0 Å². The molecule has 182 valence electrons. The molecule has 2 aliphatic heterocycles. The minimum Gasteiger partial charge on any atom is -0.365 e. The number of amides is 1. The smallest absolute Gasteiger partial charge is 0.365 e. The van der Waals surface area contributed by atoms with Crippen LogP contribution in [0.1, 0.15) is 40.9 Å². The number of fused-ring (bicyclic) bond motifs is 3. The van der Waals surface area contributed by atoms with Gasteiger partial charge in [0.05, 0.1) is 11.6 Å². The summed E-state index contributed by atoms with van der Waals surface area (Å²) >= 11 is 0. The first-order chi connectivity index (χ1) is 16.7. The second kappa shape index (κ2) is 8.90. The molecule has 1 amide bonds. The molecule has 3 atom stereocenters. The van der Waals surface area contributed by atoms with E-state index in [4.69, 9.17) is 0 Å². The number of anilines is 1. The van der Waals surface area contributed by atoms with E-state index in [0.29, 0.717) is 17.9 Å². The minimum absolute atomic E-state index is 0.0675. The number of rotatable bonds is 4. The Morgan fingerprint density at radius 1 is 1.11 bits per heavy atom. The van der Waals surface area contributed by atoms with Crippen LogP contribution in [0.5, 0.6) is 0 Å². The molecular weight excluding hydrogens is 462 g/mol. The third kappa shape index (κ3) is 4.56. The molecule has 3 aromatic heterocycles. The fourth-order valence-corrected chi connectivity index (χ4v) is 5.06. The second-order valence-corrected chi connectivity index (χ2v) is 9.13. The largest absolute Gasteiger partial charge is 0.417 e. The molecule has 1 aliphatic carbocycles. The minimum atomic E-state index is -4.45. The lowest BCUT2D eigenvalue weighted by molar-refractivity contribution is -0.137. The number of alkyl halides is 3. The predicted molar refractivity (Wildman–Crippen MR) is 121 cm³/mol. The quantitative estimate of drug-likeness (QED) is 0.520. The monoisotopic (exact) mass is 485 g/mol. The number of piperidine rings is 2. The van der Waals surface area contributed by atoms with Crippen molar-refractivity contribution in [2.45, 2.75) is 44.4 Å². The molecular formula is C25H23F4N5O. The summed E-state index contributed by atoms with van der Waals surface area (Å²) in [7, 11) is 0. The van der Waals surface area contributed by atoms with E-state index in [1.165, 1.54) is 24.4 Å². The number of carbonyl (C=O) groups is 1. The Bertz CT molecular complexity index is 1250. The maximum Gasteiger partial charge on any atom is 0.417 e. The summed E-state index contributed by atoms with van der Waals surface area (Å²) in [6.07, 6.45) is 1.86. The third-order valence-corrected chi connectivity index (χ3v) is 6.70. The van der Waals surface area contributed by atoms with Crippen LogP contribution in [0.2, 0.25) is 0 Å². The number of pyridine rings is 3. The average Bonchev–Trinajstić information content (AvgIpc) is 2.84. The van der Waals surface area contributed by atoms with Gasteiger partial charge in [-0.3, -0.25) is 14.8 Å². The molecule has 0 unspecified atom stereocenters. The van der Waals surface area contributed by atoms with E-state index in [1.807, 2.05) is 6.92 Å². The first kappa shape index (κ1) is 23.2. The molecule has 10 heteroatoms. The van der Waals surface area contributed by atoms with Gasteiger partial charge in [-0.15, -0.1) is 0 Å². The highest BCUT2D eigenvalue weighted by atomic mass is 19.4. The predicted octanol–water partition coefficient (Wildman–Crippen LogP) is 5.11. The lowest BCUT2D eigenvalue weighted by Gasteiger charge is -2.50. The molecule has 0 aromatic carbocycles. The Hall–Kier alpha value is -3.56. The van der Waals surface area contributed by atoms with Crippen molar-refractivity contribution in [1.82, 2.24) is 19.9 Å². The lowest BCUT2D eigenvalue weighted by Crippen LogP contribution is -2.60. The van der Waals surface area contributed by atoms with Crippen molar-refractivity contribution in [1.29, 1.82) is 0 Å². The molecule has 3 aliphatic rings. The summed E-state index contributed by atoms with van der Waals surface area (Å²) in [4.78, 5) is 27.9. The number of halogens is 4. The van der Waals surface area contributed by atoms with Gasteiger partial charge in [-0.1, -0.05) is 0 Å². The van der Waals surface area contributed by atoms with Crippen molar-refractivity contribution in [2.75, 3.05) is 11.9 Å². The average molecular weight is 485 g/mol. The first-order valence-corrected chi connectivity index (χ1v) is 11.4. The van der Waals surface area contributed by atoms with Crippen LogP contribution in [0.25, 0.3) is 11.3 Å². The molecule has 1 N–H and O–H groups in total. The van der Waals surface area contributed by atoms with Crippen molar-refractivity contribution in [3.05, 3.63) is 71.6 Å². The summed E-state index contributed by atoms with van der Waals surface area (Å²) in [5.74, 6) is -0.294. The number of nitrogens with zero attached hydrogens (tertiary/aromatic N) is 4. The molecule has 2 bridgehead atoms. The summed E-state index contributed by atoms with van der Waals surface area (Å²) in [6.45, 7) is 2.35. The standard InChI is InChI=1S/C25H23F4N5O/c1-14-9-17(22-18(26)3-2-8-30-22)23(32-11-14)24(35)34-13-15-4-6-20(34)19(10-15)33-21-7-5-16(12-31-21)25(27,28)29/h2-3,5,7-9,11-12,15,19-20H,4,6,10,13H2,1H3,(H,31,33)/t15-,19+,20-/m0/s1. The van der Waals surface area contributed by atoms with Crippen LogP contribution in [0, 0.1) is 18.7 Å². The maximum atomic E-state index is 14.5. The van der Waals surface area contributed by atoms with E-state index in [2.05, 4.69) is 20.3 Å². The van der Waals surface area contributed by atoms with Gasteiger partial charge in [-0.25, -0.2) is 9.37 Å². The first-order valence-electron chi connectivity index (χ1n) is 11.4. The summed E-state index contributed by atoms with van der Waals surface area (Å²) < 4.78 is 53.2. The molecule has 2 saturated heterocycles. The zero-order valence-corrected chi connectivity index (χ0v) is 18.9. The van der Waals surface area contributed by atoms with Gasteiger partial charge in [0.2, 0.25) is 0 Å². The zero-order chi connectivity index (χ0) is 24.7. The highest BCUT2D eigenvalue weighted by Gasteiger charge is 2.44. The number of carbonyl (C=O) groups excluding carboxylic acids is 1. The number of hydrogen-bond acceptors (Lipinski definition) is 5. The van der Waals surface area contributed by atoms with E-state index < -0.39 is 17.6 Å². The van der Waals surface area contributed by atoms with Gasteiger partial charge in [0.15, 0.2) is 0 Å². The van der Waals surface area contributed by atoms with E-state index in [-0.39, 0.29) is 35.3 Å². The number of aryl methyl sites for hydroxylation is 1. The fourth-order valence-electron chi connectivity index (χ4n) is 5.06. The Balaban J connectivity index is 1.41. The van der Waals surface area contributed by atoms with E-state index in [1.54, 1.807) is 17.2 Å². The van der Waals surface area contributed by atoms with E-state index in [9.17, 15) is 22.4 Å². The molecule has 1 saturated carbocycles. The SMILES string of the molecule is Cc1cnc(C(=O)N2C[C@H]3CC[C@H]2[C@H](Nc2ccc(C(F)(F)F)cn2)C3)c(-c2ncccc2F)c1. The van der Waals surface area contributed by atoms with Crippen molar-refractivity contribution in [2.24, 2.45) is 5.92 Å². The molecule has 6 rings (SSSR count). The fraction of sp³-hybridized carbons (Fsp3) is 0.360. The van der Waals surface area contributed by atoms with Crippen LogP contribution in [0.15, 0.2) is 48.9 Å². The maximum absolute atomic E-state index is 14.5.